The molecule has 0 spiro atoms. The highest BCUT2D eigenvalue weighted by molar-refractivity contribution is 6.00. The number of carboxylic acid groups (broad SMARTS) is 1. The van der Waals surface area contributed by atoms with Crippen LogP contribution in [0.1, 0.15) is 144 Å². The number of ketones is 1. The topological polar surface area (TPSA) is 189 Å². The first-order chi connectivity index (χ1) is 25.7. The van der Waals surface area contributed by atoms with Gasteiger partial charge in [-0.05, 0) is 116 Å². The molecule has 2 aromatic rings. The highest BCUT2D eigenvalue weighted by Gasteiger charge is 2.71. The van der Waals surface area contributed by atoms with Crippen molar-refractivity contribution in [1.82, 2.24) is 20.2 Å². The molecule has 0 saturated heterocycles. The van der Waals surface area contributed by atoms with Gasteiger partial charge in [0, 0.05) is 29.6 Å². The molecule has 0 amide bonds. The van der Waals surface area contributed by atoms with E-state index >= 15 is 0 Å². The summed E-state index contributed by atoms with van der Waals surface area (Å²) in [5.41, 5.74) is -0.294. The van der Waals surface area contributed by atoms with Crippen LogP contribution >= 0.6 is 0 Å². The Morgan fingerprint density at radius 2 is 1.67 bits per heavy atom. The number of aliphatic carboxylic acids is 1. The lowest BCUT2D eigenvalue weighted by molar-refractivity contribution is -0.235. The molecule has 0 aromatic carbocycles. The fourth-order valence-electron chi connectivity index (χ4n) is 13.0. The van der Waals surface area contributed by atoms with Crippen molar-refractivity contribution in [3.8, 4) is 17.8 Å². The molecule has 4 saturated carbocycles. The Bertz CT molecular complexity index is 1980. The van der Waals surface area contributed by atoms with Crippen LogP contribution in [0.25, 0.3) is 11.7 Å². The van der Waals surface area contributed by atoms with Crippen LogP contribution in [0.4, 0.5) is 0 Å². The number of nitrogens with zero attached hydrogens (tertiary/aromatic N) is 5. The zero-order chi connectivity index (χ0) is 40.1. The van der Waals surface area contributed by atoms with Crippen molar-refractivity contribution in [3.63, 3.8) is 0 Å². The van der Waals surface area contributed by atoms with E-state index in [-0.39, 0.29) is 75.8 Å². The zero-order valence-corrected chi connectivity index (χ0v) is 33.9. The van der Waals surface area contributed by atoms with Crippen molar-refractivity contribution < 1.29 is 33.8 Å². The van der Waals surface area contributed by atoms with E-state index in [1.807, 2.05) is 6.07 Å². The molecule has 0 bridgehead atoms. The number of Topliss-reactive ketones (excluding diaryl/α,β-unsaturated/α-hetero) is 1. The lowest BCUT2D eigenvalue weighted by Gasteiger charge is -2.72. The van der Waals surface area contributed by atoms with E-state index in [2.05, 4.69) is 68.6 Å². The van der Waals surface area contributed by atoms with Crippen LogP contribution in [-0.4, -0.2) is 54.2 Å². The van der Waals surface area contributed by atoms with Crippen molar-refractivity contribution in [1.29, 1.82) is 5.26 Å². The van der Waals surface area contributed by atoms with Gasteiger partial charge in [0.1, 0.15) is 18.3 Å². The fraction of sp³-hybridized carbons (Fsp3) is 0.721. The van der Waals surface area contributed by atoms with Crippen LogP contribution in [0.2, 0.25) is 0 Å². The van der Waals surface area contributed by atoms with Gasteiger partial charge >= 0.3 is 11.9 Å². The first kappa shape index (κ1) is 39.3. The molecule has 0 aliphatic heterocycles. The van der Waals surface area contributed by atoms with Crippen LogP contribution in [0.15, 0.2) is 28.0 Å². The normalized spacial score (nSPS) is 35.9. The third-order valence-corrected chi connectivity index (χ3v) is 16.0. The number of esters is 1. The lowest BCUT2D eigenvalue weighted by Crippen LogP contribution is -2.66. The number of carbonyl (C=O) groups excluding carboxylic acids is 2. The van der Waals surface area contributed by atoms with Gasteiger partial charge in [-0.15, -0.1) is 10.2 Å². The molecule has 12 nitrogen and oxygen atoms in total. The second-order valence-electron chi connectivity index (χ2n) is 19.8. The molecule has 2 heterocycles. The largest absolute Gasteiger partial charge is 0.481 e. The Morgan fingerprint density at radius 3 is 2.31 bits per heavy atom. The molecule has 7 rings (SSSR count). The van der Waals surface area contributed by atoms with Crippen LogP contribution in [-0.2, 0) is 19.1 Å². The van der Waals surface area contributed by atoms with Crippen LogP contribution in [0.5, 0.6) is 0 Å². The minimum absolute atomic E-state index is 0.00377. The number of rotatable bonds is 8. The van der Waals surface area contributed by atoms with Gasteiger partial charge in [-0.2, -0.15) is 5.26 Å². The van der Waals surface area contributed by atoms with Gasteiger partial charge in [0.15, 0.2) is 5.78 Å². The molecule has 12 heteroatoms. The second-order valence-corrected chi connectivity index (χ2v) is 19.8. The Balaban J connectivity index is 1.19. The Kier molecular flexibility index (Phi) is 9.31. The van der Waals surface area contributed by atoms with Gasteiger partial charge in [-0.3, -0.25) is 14.4 Å². The minimum Gasteiger partial charge on any atom is -0.481 e. The maximum absolute atomic E-state index is 14.1. The van der Waals surface area contributed by atoms with Crippen molar-refractivity contribution in [2.45, 2.75) is 139 Å². The molecular weight excluding hydrogens is 699 g/mol. The van der Waals surface area contributed by atoms with E-state index in [0.717, 1.165) is 56.1 Å². The maximum Gasteiger partial charge on any atom is 0.309 e. The van der Waals surface area contributed by atoms with Gasteiger partial charge in [0.25, 0.3) is 5.89 Å². The van der Waals surface area contributed by atoms with Crippen LogP contribution < -0.4 is 0 Å². The summed E-state index contributed by atoms with van der Waals surface area (Å²) in [6.07, 6.45) is 8.33. The van der Waals surface area contributed by atoms with Crippen LogP contribution in [0.3, 0.4) is 0 Å². The van der Waals surface area contributed by atoms with Gasteiger partial charge in [0.05, 0.1) is 17.4 Å². The monoisotopic (exact) mass is 755 g/mol. The first-order valence-corrected chi connectivity index (χ1v) is 20.1. The number of aromatic nitrogens is 4. The highest BCUT2D eigenvalue weighted by atomic mass is 16.5. The summed E-state index contributed by atoms with van der Waals surface area (Å²) in [5, 5.41) is 39.5. The van der Waals surface area contributed by atoms with E-state index in [9.17, 15) is 24.6 Å². The molecule has 5 aliphatic carbocycles. The lowest BCUT2D eigenvalue weighted by atomic mass is 9.33. The number of fused-ring (bicyclic) bond motifs is 7. The van der Waals surface area contributed by atoms with E-state index in [0.29, 0.717) is 23.8 Å². The number of carboxylic acids is 1. The van der Waals surface area contributed by atoms with Crippen LogP contribution in [0, 0.1) is 67.5 Å². The summed E-state index contributed by atoms with van der Waals surface area (Å²) in [6, 6.07) is 2.00. The van der Waals surface area contributed by atoms with E-state index in [1.54, 1.807) is 13.8 Å². The zero-order valence-electron chi connectivity index (χ0n) is 33.9. The Hall–Kier alpha value is -3.98. The number of ether oxygens (including phenoxy) is 1. The summed E-state index contributed by atoms with van der Waals surface area (Å²) in [6.45, 7) is 19.2. The number of allylic oxidation sites excluding steroid dienone is 1. The number of nitriles is 1. The third kappa shape index (κ3) is 5.72. The molecule has 4 fully saturated rings. The molecule has 2 aromatic heterocycles. The van der Waals surface area contributed by atoms with Gasteiger partial charge in [-0.1, -0.05) is 48.5 Å². The molecular formula is C43H57N5O7. The number of hydrogen-bond acceptors (Lipinski definition) is 11. The average Bonchev–Trinajstić information content (AvgIpc) is 3.72. The van der Waals surface area contributed by atoms with E-state index < -0.39 is 28.9 Å². The quantitative estimate of drug-likeness (QED) is 0.249. The van der Waals surface area contributed by atoms with Gasteiger partial charge in [-0.25, -0.2) is 9.97 Å². The van der Waals surface area contributed by atoms with Crippen molar-refractivity contribution in [3.05, 3.63) is 35.0 Å². The van der Waals surface area contributed by atoms with Crippen molar-refractivity contribution in [2.24, 2.45) is 56.2 Å². The highest BCUT2D eigenvalue weighted by Crippen LogP contribution is 2.77. The summed E-state index contributed by atoms with van der Waals surface area (Å²) in [5.74, 6) is -0.323. The predicted octanol–water partition coefficient (Wildman–Crippen LogP) is 7.83. The smallest absolute Gasteiger partial charge is 0.309 e. The second kappa shape index (κ2) is 13.0. The maximum atomic E-state index is 14.1. The minimum atomic E-state index is -1.19. The Labute approximate surface area is 323 Å². The average molecular weight is 756 g/mol. The fourth-order valence-corrected chi connectivity index (χ4v) is 13.0. The molecule has 9 atom stereocenters. The number of aliphatic hydroxyl groups excluding tert-OH is 1. The van der Waals surface area contributed by atoms with Crippen molar-refractivity contribution in [2.75, 3.05) is 0 Å². The van der Waals surface area contributed by atoms with Gasteiger partial charge in [0.2, 0.25) is 11.7 Å². The number of aliphatic hydroxyl groups is 1. The molecule has 0 unspecified atom stereocenters. The standard InChI is InChI=1S/C43H57N5O7/c1-23(2)31-26(49)18-43(33(51)35-47-48-36(55-35)34-45-21-24(20-44)22-46-34)17-16-41(8)25(32(31)43)10-11-28-40(7)14-13-29(54-30(50)19-38(3,4)37(52)53)39(5,6)27(40)12-15-42(28,41)9/h21-23,25,27-29,33,51H,10-19H2,1-9H3,(H,52,53)/t25-,27+,28-,29+,33-,40+,41-,42-,43-/m1/s1. The molecule has 0 radical (unpaired) electrons. The predicted molar refractivity (Wildman–Crippen MR) is 200 cm³/mol. The van der Waals surface area contributed by atoms with Gasteiger partial charge < -0.3 is 19.4 Å². The SMILES string of the molecule is CC(C)C1=C2[C@H]3CC[C@@H]4[C@@]5(C)CC[C@H](OC(=O)CC(C)(C)C(=O)O)C(C)(C)[C@@H]5CC[C@@]4(C)[C@]3(C)CC[C@@]2([C@H](O)c2nnc(-c3ncc(C#N)cn3)o2)CC1=O. The summed E-state index contributed by atoms with van der Waals surface area (Å²) < 4.78 is 12.2. The van der Waals surface area contributed by atoms with E-state index in [4.69, 9.17) is 14.4 Å². The number of carbonyl (C=O) groups is 3. The third-order valence-electron chi connectivity index (χ3n) is 16.0. The Morgan fingerprint density at radius 1 is 0.982 bits per heavy atom. The molecule has 55 heavy (non-hydrogen) atoms. The first-order valence-electron chi connectivity index (χ1n) is 20.1. The number of hydrogen-bond donors (Lipinski definition) is 2. The summed E-state index contributed by atoms with van der Waals surface area (Å²) in [7, 11) is 0. The summed E-state index contributed by atoms with van der Waals surface area (Å²) in [4.78, 5) is 47.4. The van der Waals surface area contributed by atoms with E-state index in [1.165, 1.54) is 12.4 Å². The molecule has 2 N–H and O–H groups in total. The van der Waals surface area contributed by atoms with Crippen molar-refractivity contribution >= 4 is 17.7 Å². The molecule has 296 valence electrons. The summed E-state index contributed by atoms with van der Waals surface area (Å²) >= 11 is 0. The molecule has 5 aliphatic rings.